The molecule has 0 radical (unpaired) electrons. The Morgan fingerprint density at radius 1 is 0.875 bits per heavy atom. The van der Waals surface area contributed by atoms with E-state index in [1.165, 1.54) is 16.7 Å². The summed E-state index contributed by atoms with van der Waals surface area (Å²) in [5.74, 6) is 0.912. The van der Waals surface area contributed by atoms with Crippen molar-refractivity contribution in [2.75, 3.05) is 40.5 Å². The molecule has 0 aromatic heterocycles. The van der Waals surface area contributed by atoms with Crippen molar-refractivity contribution in [2.45, 2.75) is 65.0 Å². The van der Waals surface area contributed by atoms with Crippen molar-refractivity contribution in [3.63, 3.8) is 0 Å². The molecule has 0 amide bonds. The van der Waals surface area contributed by atoms with Gasteiger partial charge >= 0.3 is 0 Å². The molecular formula is C28H44NO3+. The Hall–Kier alpha value is -1.88. The van der Waals surface area contributed by atoms with Crippen molar-refractivity contribution >= 4 is 0 Å². The lowest BCUT2D eigenvalue weighted by Crippen LogP contribution is -2.45. The normalized spacial score (nSPS) is 13.8. The van der Waals surface area contributed by atoms with Crippen molar-refractivity contribution in [3.05, 3.63) is 65.2 Å². The molecule has 0 aliphatic carbocycles. The molecule has 0 aliphatic heterocycles. The Balaban J connectivity index is 1.82. The summed E-state index contributed by atoms with van der Waals surface area (Å²) in [7, 11) is 4.27. The SMILES string of the molecule is CC(C)(C)c1ccc(OCCOCC(O)C[N+](C)(C)Cc2ccccc2)c(C(C)(C)C)c1. The molecule has 0 spiro atoms. The summed E-state index contributed by atoms with van der Waals surface area (Å²) in [6.07, 6.45) is -0.509. The fraction of sp³-hybridized carbons (Fsp3) is 0.571. The number of benzene rings is 2. The zero-order valence-electron chi connectivity index (χ0n) is 21.4. The fourth-order valence-corrected chi connectivity index (χ4v) is 3.90. The van der Waals surface area contributed by atoms with Gasteiger partial charge in [0.05, 0.1) is 27.3 Å². The van der Waals surface area contributed by atoms with Gasteiger partial charge in [-0.05, 0) is 28.0 Å². The van der Waals surface area contributed by atoms with Gasteiger partial charge in [-0.1, -0.05) is 84.0 Å². The third-order valence-corrected chi connectivity index (χ3v) is 5.61. The van der Waals surface area contributed by atoms with Crippen LogP contribution in [-0.2, 0) is 22.1 Å². The summed E-state index contributed by atoms with van der Waals surface area (Å²) in [5.41, 5.74) is 3.89. The summed E-state index contributed by atoms with van der Waals surface area (Å²) >= 11 is 0. The van der Waals surface area contributed by atoms with E-state index in [9.17, 15) is 5.11 Å². The van der Waals surface area contributed by atoms with Gasteiger partial charge in [0.15, 0.2) is 0 Å². The Kier molecular flexibility index (Phi) is 8.92. The first kappa shape index (κ1) is 26.4. The minimum atomic E-state index is -0.509. The molecule has 0 bridgehead atoms. The van der Waals surface area contributed by atoms with E-state index < -0.39 is 6.10 Å². The average Bonchev–Trinajstić information content (AvgIpc) is 2.66. The third kappa shape index (κ3) is 8.57. The highest BCUT2D eigenvalue weighted by Crippen LogP contribution is 2.35. The largest absolute Gasteiger partial charge is 0.491 e. The number of hydrogen-bond acceptors (Lipinski definition) is 3. The van der Waals surface area contributed by atoms with Crippen LogP contribution >= 0.6 is 0 Å². The van der Waals surface area contributed by atoms with E-state index in [2.05, 4.69) is 98.1 Å². The first-order valence-corrected chi connectivity index (χ1v) is 11.7. The number of ether oxygens (including phenoxy) is 2. The van der Waals surface area contributed by atoms with Crippen molar-refractivity contribution in [1.82, 2.24) is 0 Å². The maximum atomic E-state index is 10.5. The highest BCUT2D eigenvalue weighted by atomic mass is 16.5. The lowest BCUT2D eigenvalue weighted by molar-refractivity contribution is -0.906. The monoisotopic (exact) mass is 442 g/mol. The van der Waals surface area contributed by atoms with E-state index in [1.54, 1.807) is 0 Å². The van der Waals surface area contributed by atoms with Gasteiger partial charge in [0.1, 0.15) is 31.5 Å². The van der Waals surface area contributed by atoms with E-state index in [0.29, 0.717) is 30.8 Å². The minimum Gasteiger partial charge on any atom is -0.491 e. The molecule has 0 fully saturated rings. The molecule has 0 saturated heterocycles. The van der Waals surface area contributed by atoms with Crippen LogP contribution in [0.3, 0.4) is 0 Å². The number of nitrogens with zero attached hydrogens (tertiary/aromatic N) is 1. The molecule has 2 aromatic carbocycles. The lowest BCUT2D eigenvalue weighted by Gasteiger charge is -2.32. The van der Waals surface area contributed by atoms with E-state index in [4.69, 9.17) is 9.47 Å². The summed E-state index contributed by atoms with van der Waals surface area (Å²) in [6.45, 7) is 16.1. The average molecular weight is 443 g/mol. The molecule has 32 heavy (non-hydrogen) atoms. The molecule has 4 heteroatoms. The van der Waals surface area contributed by atoms with Gasteiger partial charge in [0, 0.05) is 5.56 Å². The summed E-state index contributed by atoms with van der Waals surface area (Å²) in [4.78, 5) is 0. The van der Waals surface area contributed by atoms with Crippen LogP contribution in [-0.4, -0.2) is 56.2 Å². The number of aliphatic hydroxyl groups is 1. The maximum Gasteiger partial charge on any atom is 0.126 e. The summed E-state index contributed by atoms with van der Waals surface area (Å²) in [6, 6.07) is 16.9. The molecule has 0 aliphatic rings. The second kappa shape index (κ2) is 10.8. The number of rotatable bonds is 10. The molecule has 1 unspecified atom stereocenters. The van der Waals surface area contributed by atoms with E-state index in [0.717, 1.165) is 12.3 Å². The maximum absolute atomic E-state index is 10.5. The molecule has 1 N–H and O–H groups in total. The smallest absolute Gasteiger partial charge is 0.126 e. The van der Waals surface area contributed by atoms with Crippen LogP contribution in [0.25, 0.3) is 0 Å². The molecule has 2 rings (SSSR count). The standard InChI is InChI=1S/C28H44NO3/c1-27(2,3)23-14-15-26(25(18-23)28(4,5)6)32-17-16-31-21-24(30)20-29(7,8)19-22-12-10-9-11-13-22/h9-15,18,24,30H,16-17,19-21H2,1-8H3/q+1. The summed E-state index contributed by atoms with van der Waals surface area (Å²) < 4.78 is 12.5. The Labute approximate surface area is 195 Å². The van der Waals surface area contributed by atoms with E-state index in [-0.39, 0.29) is 10.8 Å². The number of aliphatic hydroxyl groups excluding tert-OH is 1. The van der Waals surface area contributed by atoms with Gasteiger partial charge in [-0.2, -0.15) is 0 Å². The molecular weight excluding hydrogens is 398 g/mol. The van der Waals surface area contributed by atoms with Gasteiger partial charge < -0.3 is 19.1 Å². The van der Waals surface area contributed by atoms with Crippen LogP contribution in [0.4, 0.5) is 0 Å². The second-order valence-electron chi connectivity index (χ2n) is 11.6. The van der Waals surface area contributed by atoms with Crippen molar-refractivity contribution in [2.24, 2.45) is 0 Å². The lowest BCUT2D eigenvalue weighted by atomic mass is 9.80. The Morgan fingerprint density at radius 3 is 2.12 bits per heavy atom. The number of likely N-dealkylation sites (N-methyl/N-ethyl adjacent to an activating group) is 1. The topological polar surface area (TPSA) is 38.7 Å². The Bertz CT molecular complexity index is 832. The number of hydrogen-bond donors (Lipinski definition) is 1. The zero-order valence-corrected chi connectivity index (χ0v) is 21.4. The molecule has 2 aromatic rings. The highest BCUT2D eigenvalue weighted by Gasteiger charge is 2.23. The first-order valence-electron chi connectivity index (χ1n) is 11.7. The van der Waals surface area contributed by atoms with Gasteiger partial charge in [-0.25, -0.2) is 0 Å². The molecule has 0 saturated carbocycles. The van der Waals surface area contributed by atoms with Gasteiger partial charge in [0.25, 0.3) is 0 Å². The van der Waals surface area contributed by atoms with Crippen LogP contribution in [0.5, 0.6) is 5.75 Å². The zero-order chi connectivity index (χ0) is 24.0. The minimum absolute atomic E-state index is 0.00407. The molecule has 1 atom stereocenters. The van der Waals surface area contributed by atoms with Crippen LogP contribution in [0.1, 0.15) is 58.2 Å². The van der Waals surface area contributed by atoms with Crippen LogP contribution in [0, 0.1) is 0 Å². The summed E-state index contributed by atoms with van der Waals surface area (Å²) in [5, 5.41) is 10.5. The fourth-order valence-electron chi connectivity index (χ4n) is 3.90. The van der Waals surface area contributed by atoms with Gasteiger partial charge in [0.2, 0.25) is 0 Å². The van der Waals surface area contributed by atoms with Gasteiger partial charge in [-0.15, -0.1) is 0 Å². The molecule has 178 valence electrons. The number of quaternary nitrogens is 1. The second-order valence-corrected chi connectivity index (χ2v) is 11.6. The predicted octanol–water partition coefficient (Wildman–Crippen LogP) is 5.31. The van der Waals surface area contributed by atoms with E-state index >= 15 is 0 Å². The van der Waals surface area contributed by atoms with Crippen molar-refractivity contribution < 1.29 is 19.1 Å². The molecule has 4 nitrogen and oxygen atoms in total. The van der Waals surface area contributed by atoms with Crippen LogP contribution in [0.2, 0.25) is 0 Å². The predicted molar refractivity (Wildman–Crippen MR) is 133 cm³/mol. The quantitative estimate of drug-likeness (QED) is 0.400. The van der Waals surface area contributed by atoms with Gasteiger partial charge in [-0.3, -0.25) is 0 Å². The third-order valence-electron chi connectivity index (χ3n) is 5.61. The molecule has 0 heterocycles. The van der Waals surface area contributed by atoms with Crippen LogP contribution in [0.15, 0.2) is 48.5 Å². The highest BCUT2D eigenvalue weighted by molar-refractivity contribution is 5.43. The van der Waals surface area contributed by atoms with E-state index in [1.807, 2.05) is 6.07 Å². The Morgan fingerprint density at radius 2 is 1.53 bits per heavy atom. The van der Waals surface area contributed by atoms with Crippen molar-refractivity contribution in [3.8, 4) is 5.75 Å². The van der Waals surface area contributed by atoms with Crippen molar-refractivity contribution in [1.29, 1.82) is 0 Å². The van der Waals surface area contributed by atoms with Crippen LogP contribution < -0.4 is 4.74 Å². The first-order chi connectivity index (χ1) is 14.8.